The summed E-state index contributed by atoms with van der Waals surface area (Å²) in [6, 6.07) is 16.1. The fourth-order valence-electron chi connectivity index (χ4n) is 5.16. The molecule has 0 N–H and O–H groups in total. The van der Waals surface area contributed by atoms with Crippen molar-refractivity contribution in [2.45, 2.75) is 78.0 Å². The summed E-state index contributed by atoms with van der Waals surface area (Å²) in [7, 11) is 1.64. The number of nitrogens with zero attached hydrogens (tertiary/aromatic N) is 4. The first-order valence-corrected chi connectivity index (χ1v) is 13.0. The molecule has 0 aliphatic carbocycles. The van der Waals surface area contributed by atoms with Gasteiger partial charge in [-0.2, -0.15) is 0 Å². The molecule has 1 saturated heterocycles. The summed E-state index contributed by atoms with van der Waals surface area (Å²) in [6.07, 6.45) is 2.21. The molecule has 7 nitrogen and oxygen atoms in total. The third kappa shape index (κ3) is 5.25. The summed E-state index contributed by atoms with van der Waals surface area (Å²) in [5, 5.41) is 0. The molecule has 2 amide bonds. The van der Waals surface area contributed by atoms with Gasteiger partial charge < -0.3 is 19.1 Å². The first kappa shape index (κ1) is 25.7. The van der Waals surface area contributed by atoms with Gasteiger partial charge in [-0.25, -0.2) is 4.98 Å². The zero-order valence-corrected chi connectivity index (χ0v) is 22.1. The van der Waals surface area contributed by atoms with E-state index < -0.39 is 0 Å². The summed E-state index contributed by atoms with van der Waals surface area (Å²) in [4.78, 5) is 35.5. The zero-order valence-electron chi connectivity index (χ0n) is 22.1. The minimum Gasteiger partial charge on any atom is -0.497 e. The van der Waals surface area contributed by atoms with Gasteiger partial charge in [-0.05, 0) is 56.5 Å². The van der Waals surface area contributed by atoms with Crippen LogP contribution in [0.3, 0.4) is 0 Å². The van der Waals surface area contributed by atoms with E-state index in [1.54, 1.807) is 7.11 Å². The van der Waals surface area contributed by atoms with Crippen molar-refractivity contribution in [3.63, 3.8) is 0 Å². The second-order valence-corrected chi connectivity index (χ2v) is 9.88. The molecule has 1 aliphatic rings. The molecule has 3 unspecified atom stereocenters. The van der Waals surface area contributed by atoms with Crippen LogP contribution in [0.15, 0.2) is 48.5 Å². The van der Waals surface area contributed by atoms with Crippen LogP contribution >= 0.6 is 0 Å². The van der Waals surface area contributed by atoms with Crippen LogP contribution in [0.4, 0.5) is 0 Å². The fraction of sp³-hybridized carbons (Fsp3) is 0.483. The topological polar surface area (TPSA) is 67.7 Å². The van der Waals surface area contributed by atoms with Crippen LogP contribution < -0.4 is 4.74 Å². The van der Waals surface area contributed by atoms with E-state index >= 15 is 0 Å². The molecule has 0 bridgehead atoms. The Morgan fingerprint density at radius 1 is 1.08 bits per heavy atom. The normalized spacial score (nSPS) is 17.4. The first-order valence-electron chi connectivity index (χ1n) is 13.0. The summed E-state index contributed by atoms with van der Waals surface area (Å²) in [5.74, 6) is 1.77. The van der Waals surface area contributed by atoms with Gasteiger partial charge in [0.25, 0.3) is 0 Å². The fourth-order valence-corrected chi connectivity index (χ4v) is 5.16. The van der Waals surface area contributed by atoms with Gasteiger partial charge in [0.2, 0.25) is 11.8 Å². The average molecular weight is 491 g/mol. The number of likely N-dealkylation sites (tertiary alicyclic amines) is 1. The van der Waals surface area contributed by atoms with Crippen molar-refractivity contribution < 1.29 is 14.3 Å². The Kier molecular flexibility index (Phi) is 7.97. The van der Waals surface area contributed by atoms with Crippen LogP contribution in [0.1, 0.15) is 64.3 Å². The Labute approximate surface area is 214 Å². The van der Waals surface area contributed by atoms with Crippen molar-refractivity contribution in [1.29, 1.82) is 0 Å². The Hall–Kier alpha value is -3.35. The average Bonchev–Trinajstić information content (AvgIpc) is 3.44. The summed E-state index contributed by atoms with van der Waals surface area (Å²) in [5.41, 5.74) is 2.86. The van der Waals surface area contributed by atoms with E-state index in [9.17, 15) is 9.59 Å². The van der Waals surface area contributed by atoms with E-state index in [1.807, 2.05) is 62.9 Å². The summed E-state index contributed by atoms with van der Waals surface area (Å²) < 4.78 is 7.29. The lowest BCUT2D eigenvalue weighted by Crippen LogP contribution is -2.46. The van der Waals surface area contributed by atoms with Crippen molar-refractivity contribution in [3.05, 3.63) is 59.9 Å². The highest BCUT2D eigenvalue weighted by Crippen LogP contribution is 2.32. The van der Waals surface area contributed by atoms with Gasteiger partial charge >= 0.3 is 0 Å². The highest BCUT2D eigenvalue weighted by molar-refractivity contribution is 5.83. The van der Waals surface area contributed by atoms with E-state index in [0.717, 1.165) is 41.0 Å². The largest absolute Gasteiger partial charge is 0.497 e. The smallest absolute Gasteiger partial charge is 0.243 e. The molecule has 192 valence electrons. The molecule has 0 spiro atoms. The van der Waals surface area contributed by atoms with Gasteiger partial charge in [0.05, 0.1) is 18.1 Å². The number of rotatable bonds is 10. The Bertz CT molecular complexity index is 1190. The second kappa shape index (κ2) is 11.1. The monoisotopic (exact) mass is 490 g/mol. The molecule has 1 fully saturated rings. The number of ether oxygens (including phenoxy) is 1. The number of amides is 2. The first-order chi connectivity index (χ1) is 17.4. The number of hydrogen-bond acceptors (Lipinski definition) is 4. The molecular weight excluding hydrogens is 452 g/mol. The highest BCUT2D eigenvalue weighted by Gasteiger charge is 2.35. The van der Waals surface area contributed by atoms with Gasteiger partial charge in [0.1, 0.15) is 18.1 Å². The van der Waals surface area contributed by atoms with Gasteiger partial charge in [-0.15, -0.1) is 0 Å². The SMILES string of the molecule is CCC(C)N(C(=O)Cn1c(C2CC(=O)N(Cc3ccc(OC)cc3)C2)nc2ccccc21)C(C)CC. The predicted molar refractivity (Wildman–Crippen MR) is 142 cm³/mol. The number of aromatic nitrogens is 2. The molecule has 0 saturated carbocycles. The zero-order chi connectivity index (χ0) is 25.8. The number of para-hydroxylation sites is 2. The molecule has 1 aromatic heterocycles. The maximum Gasteiger partial charge on any atom is 0.243 e. The number of carbonyl (C=O) groups excluding carboxylic acids is 2. The molecule has 3 atom stereocenters. The quantitative estimate of drug-likeness (QED) is 0.402. The number of imidazole rings is 1. The standard InChI is InChI=1S/C29H38N4O3/c1-6-20(3)33(21(4)7-2)28(35)19-32-26-11-9-8-10-25(26)30-29(32)23-16-27(34)31(18-23)17-22-12-14-24(36-5)15-13-22/h8-15,20-21,23H,6-7,16-19H2,1-5H3. The van der Waals surface area contributed by atoms with Gasteiger partial charge in [-0.3, -0.25) is 9.59 Å². The Balaban J connectivity index is 1.60. The van der Waals surface area contributed by atoms with Crippen molar-refractivity contribution >= 4 is 22.8 Å². The maximum atomic E-state index is 13.6. The van der Waals surface area contributed by atoms with E-state index in [-0.39, 0.29) is 36.4 Å². The molecule has 7 heteroatoms. The molecule has 2 aromatic carbocycles. The molecular formula is C29H38N4O3. The minimum atomic E-state index is -0.0587. The number of benzene rings is 2. The van der Waals surface area contributed by atoms with E-state index in [1.165, 1.54) is 0 Å². The van der Waals surface area contributed by atoms with Crippen molar-refractivity contribution in [2.24, 2.45) is 0 Å². The summed E-state index contributed by atoms with van der Waals surface area (Å²) in [6.45, 7) is 9.83. The van der Waals surface area contributed by atoms with Crippen molar-refractivity contribution in [3.8, 4) is 5.75 Å². The number of methoxy groups -OCH3 is 1. The third-order valence-corrected chi connectivity index (χ3v) is 7.51. The molecule has 2 heterocycles. The highest BCUT2D eigenvalue weighted by atomic mass is 16.5. The number of hydrogen-bond donors (Lipinski definition) is 0. The minimum absolute atomic E-state index is 0.0587. The number of carbonyl (C=O) groups is 2. The van der Waals surface area contributed by atoms with Crippen LogP contribution in [0, 0.1) is 0 Å². The lowest BCUT2D eigenvalue weighted by Gasteiger charge is -2.34. The Morgan fingerprint density at radius 2 is 1.75 bits per heavy atom. The second-order valence-electron chi connectivity index (χ2n) is 9.88. The molecule has 3 aromatic rings. The third-order valence-electron chi connectivity index (χ3n) is 7.51. The Morgan fingerprint density at radius 3 is 2.39 bits per heavy atom. The number of fused-ring (bicyclic) bond motifs is 1. The van der Waals surface area contributed by atoms with Crippen LogP contribution in [0.2, 0.25) is 0 Å². The lowest BCUT2D eigenvalue weighted by molar-refractivity contribution is -0.136. The van der Waals surface area contributed by atoms with Crippen LogP contribution in [-0.4, -0.2) is 56.9 Å². The van der Waals surface area contributed by atoms with E-state index in [0.29, 0.717) is 19.5 Å². The van der Waals surface area contributed by atoms with Gasteiger partial charge in [0.15, 0.2) is 0 Å². The molecule has 1 aliphatic heterocycles. The van der Waals surface area contributed by atoms with Gasteiger partial charge in [-0.1, -0.05) is 38.1 Å². The summed E-state index contributed by atoms with van der Waals surface area (Å²) >= 11 is 0. The molecule has 4 rings (SSSR count). The van der Waals surface area contributed by atoms with E-state index in [2.05, 4.69) is 27.7 Å². The van der Waals surface area contributed by atoms with E-state index in [4.69, 9.17) is 9.72 Å². The van der Waals surface area contributed by atoms with Crippen LogP contribution in [0.25, 0.3) is 11.0 Å². The lowest BCUT2D eigenvalue weighted by atomic mass is 10.1. The van der Waals surface area contributed by atoms with Crippen LogP contribution in [0.5, 0.6) is 5.75 Å². The van der Waals surface area contributed by atoms with Gasteiger partial charge in [0, 0.05) is 37.5 Å². The molecule has 36 heavy (non-hydrogen) atoms. The molecule has 0 radical (unpaired) electrons. The van der Waals surface area contributed by atoms with Crippen molar-refractivity contribution in [2.75, 3.05) is 13.7 Å². The van der Waals surface area contributed by atoms with Crippen molar-refractivity contribution in [1.82, 2.24) is 19.4 Å². The van der Waals surface area contributed by atoms with Crippen LogP contribution in [-0.2, 0) is 22.7 Å². The maximum absolute atomic E-state index is 13.6. The predicted octanol–water partition coefficient (Wildman–Crippen LogP) is 4.99.